The third kappa shape index (κ3) is 3.15. The largest absolute Gasteiger partial charge is 0.398 e. The van der Waals surface area contributed by atoms with Gasteiger partial charge < -0.3 is 11.1 Å². The quantitative estimate of drug-likeness (QED) is 0.896. The first-order chi connectivity index (χ1) is 9.11. The molecule has 3 nitrogen and oxygen atoms in total. The van der Waals surface area contributed by atoms with Crippen LogP contribution in [0.1, 0.15) is 39.5 Å². The van der Waals surface area contributed by atoms with Crippen LogP contribution in [-0.2, 0) is 0 Å². The Hall–Kier alpha value is -1.81. The molecule has 1 atom stereocenters. The van der Waals surface area contributed by atoms with Crippen molar-refractivity contribution in [1.82, 2.24) is 5.32 Å². The minimum absolute atomic E-state index is 0.0392. The zero-order chi connectivity index (χ0) is 13.8. The maximum Gasteiger partial charge on any atom is 0.261 e. The molecular formula is C15H18N2OS. The number of thiophene rings is 1. The summed E-state index contributed by atoms with van der Waals surface area (Å²) in [5.74, 6) is -0.0551. The predicted octanol–water partition coefficient (Wildman–Crippen LogP) is 3.52. The molecule has 1 aromatic heterocycles. The molecule has 100 valence electrons. The lowest BCUT2D eigenvalue weighted by atomic mass is 10.0. The second kappa shape index (κ2) is 5.89. The van der Waals surface area contributed by atoms with E-state index >= 15 is 0 Å². The number of benzene rings is 1. The molecule has 0 fully saturated rings. The van der Waals surface area contributed by atoms with E-state index in [1.807, 2.05) is 37.3 Å². The summed E-state index contributed by atoms with van der Waals surface area (Å²) in [6.45, 7) is 3.98. The lowest BCUT2D eigenvalue weighted by Gasteiger charge is -2.16. The van der Waals surface area contributed by atoms with Crippen LogP contribution in [0.15, 0.2) is 36.4 Å². The first-order valence-corrected chi connectivity index (χ1v) is 7.15. The lowest BCUT2D eigenvalue weighted by Crippen LogP contribution is -2.27. The summed E-state index contributed by atoms with van der Waals surface area (Å²) in [5, 5.41) is 3.06. The van der Waals surface area contributed by atoms with E-state index in [0.29, 0.717) is 10.6 Å². The molecule has 0 bridgehead atoms. The van der Waals surface area contributed by atoms with Crippen LogP contribution in [0.5, 0.6) is 0 Å². The second-order valence-corrected chi connectivity index (χ2v) is 5.72. The summed E-state index contributed by atoms with van der Waals surface area (Å²) >= 11 is 1.43. The van der Waals surface area contributed by atoms with Crippen molar-refractivity contribution >= 4 is 22.9 Å². The molecule has 0 aliphatic heterocycles. The number of amides is 1. The van der Waals surface area contributed by atoms with Gasteiger partial charge in [0.05, 0.1) is 10.9 Å². The number of rotatable bonds is 4. The molecule has 0 aliphatic carbocycles. The molecule has 2 aromatic rings. The van der Waals surface area contributed by atoms with Gasteiger partial charge in [0, 0.05) is 10.6 Å². The van der Waals surface area contributed by atoms with E-state index in [4.69, 9.17) is 5.73 Å². The molecular weight excluding hydrogens is 256 g/mol. The van der Waals surface area contributed by atoms with Crippen molar-refractivity contribution in [3.63, 3.8) is 0 Å². The van der Waals surface area contributed by atoms with Crippen LogP contribution in [0.2, 0.25) is 0 Å². The number of carbonyl (C=O) groups excluding carboxylic acids is 1. The fourth-order valence-corrected chi connectivity index (χ4v) is 2.79. The van der Waals surface area contributed by atoms with E-state index in [9.17, 15) is 4.79 Å². The topological polar surface area (TPSA) is 55.1 Å². The third-order valence-electron chi connectivity index (χ3n) is 3.10. The van der Waals surface area contributed by atoms with E-state index in [0.717, 1.165) is 16.9 Å². The first kappa shape index (κ1) is 13.6. The van der Waals surface area contributed by atoms with Crippen LogP contribution < -0.4 is 11.1 Å². The Morgan fingerprint density at radius 1 is 1.37 bits per heavy atom. The molecule has 1 amide bonds. The van der Waals surface area contributed by atoms with Gasteiger partial charge >= 0.3 is 0 Å². The maximum atomic E-state index is 12.2. The average Bonchev–Trinajstić information content (AvgIpc) is 2.77. The van der Waals surface area contributed by atoms with E-state index in [2.05, 4.69) is 12.2 Å². The number of nitrogens with one attached hydrogen (secondary N) is 1. The van der Waals surface area contributed by atoms with Gasteiger partial charge in [-0.1, -0.05) is 37.3 Å². The van der Waals surface area contributed by atoms with Crippen molar-refractivity contribution in [1.29, 1.82) is 0 Å². The highest BCUT2D eigenvalue weighted by Gasteiger charge is 2.16. The van der Waals surface area contributed by atoms with Crippen LogP contribution in [0.25, 0.3) is 0 Å². The van der Waals surface area contributed by atoms with Crippen molar-refractivity contribution in [3.8, 4) is 0 Å². The van der Waals surface area contributed by atoms with Crippen LogP contribution in [-0.4, -0.2) is 5.91 Å². The number of hydrogen-bond acceptors (Lipinski definition) is 3. The second-order valence-electron chi connectivity index (χ2n) is 4.47. The third-order valence-corrected chi connectivity index (χ3v) is 4.16. The van der Waals surface area contributed by atoms with Gasteiger partial charge in [-0.05, 0) is 25.0 Å². The fraction of sp³-hybridized carbons (Fsp3) is 0.267. The molecule has 19 heavy (non-hydrogen) atoms. The zero-order valence-corrected chi connectivity index (χ0v) is 12.0. The summed E-state index contributed by atoms with van der Waals surface area (Å²) in [6.07, 6.45) is 0.857. The van der Waals surface area contributed by atoms with Gasteiger partial charge in [0.25, 0.3) is 5.91 Å². The normalized spacial score (nSPS) is 12.1. The van der Waals surface area contributed by atoms with Crippen LogP contribution >= 0.6 is 11.3 Å². The molecule has 1 aromatic carbocycles. The molecule has 3 N–H and O–H groups in total. The Balaban J connectivity index is 2.13. The van der Waals surface area contributed by atoms with Gasteiger partial charge in [0.15, 0.2) is 0 Å². The summed E-state index contributed by atoms with van der Waals surface area (Å²) < 4.78 is 0. The molecule has 4 heteroatoms. The highest BCUT2D eigenvalue weighted by molar-refractivity contribution is 7.14. The van der Waals surface area contributed by atoms with Gasteiger partial charge in [-0.2, -0.15) is 0 Å². The van der Waals surface area contributed by atoms with Crippen LogP contribution in [0.3, 0.4) is 0 Å². The summed E-state index contributed by atoms with van der Waals surface area (Å²) in [6, 6.07) is 11.8. The van der Waals surface area contributed by atoms with Crippen LogP contribution in [0, 0.1) is 6.92 Å². The number of carbonyl (C=O) groups is 1. The molecule has 1 unspecified atom stereocenters. The highest BCUT2D eigenvalue weighted by atomic mass is 32.1. The zero-order valence-electron chi connectivity index (χ0n) is 11.1. The lowest BCUT2D eigenvalue weighted by molar-refractivity contribution is 0.0939. The Kier molecular flexibility index (Phi) is 4.22. The van der Waals surface area contributed by atoms with Crippen molar-refractivity contribution in [2.45, 2.75) is 26.3 Å². The van der Waals surface area contributed by atoms with Gasteiger partial charge in [-0.3, -0.25) is 4.79 Å². The number of aryl methyl sites for hydroxylation is 1. The van der Waals surface area contributed by atoms with E-state index in [-0.39, 0.29) is 11.9 Å². The van der Waals surface area contributed by atoms with Crippen molar-refractivity contribution in [3.05, 3.63) is 51.7 Å². The highest BCUT2D eigenvalue weighted by Crippen LogP contribution is 2.24. The predicted molar refractivity (Wildman–Crippen MR) is 80.4 cm³/mol. The van der Waals surface area contributed by atoms with Gasteiger partial charge in [0.2, 0.25) is 0 Å². The monoisotopic (exact) mass is 274 g/mol. The Morgan fingerprint density at radius 2 is 2.05 bits per heavy atom. The SMILES string of the molecule is CCC(NC(=O)c1cc(N)c(C)s1)c1ccccc1. The minimum atomic E-state index is -0.0551. The molecule has 0 saturated carbocycles. The van der Waals surface area contributed by atoms with E-state index in [1.54, 1.807) is 6.07 Å². The van der Waals surface area contributed by atoms with E-state index < -0.39 is 0 Å². The van der Waals surface area contributed by atoms with Crippen molar-refractivity contribution in [2.75, 3.05) is 5.73 Å². The number of anilines is 1. The maximum absolute atomic E-state index is 12.2. The standard InChI is InChI=1S/C15H18N2OS/c1-3-13(11-7-5-4-6-8-11)17-15(18)14-9-12(16)10(2)19-14/h4-9,13H,3,16H2,1-2H3,(H,17,18). The summed E-state index contributed by atoms with van der Waals surface area (Å²) in [5.41, 5.74) is 7.59. The first-order valence-electron chi connectivity index (χ1n) is 6.33. The Morgan fingerprint density at radius 3 is 2.58 bits per heavy atom. The fourth-order valence-electron chi connectivity index (χ4n) is 1.94. The summed E-state index contributed by atoms with van der Waals surface area (Å²) in [4.78, 5) is 13.9. The molecule has 0 spiro atoms. The Bertz CT molecular complexity index is 543. The van der Waals surface area contributed by atoms with Crippen molar-refractivity contribution in [2.24, 2.45) is 0 Å². The molecule has 0 saturated heterocycles. The molecule has 0 radical (unpaired) electrons. The minimum Gasteiger partial charge on any atom is -0.398 e. The van der Waals surface area contributed by atoms with Crippen LogP contribution in [0.4, 0.5) is 5.69 Å². The summed E-state index contributed by atoms with van der Waals surface area (Å²) in [7, 11) is 0. The number of hydrogen-bond donors (Lipinski definition) is 2. The number of nitrogens with two attached hydrogens (primary N) is 1. The molecule has 1 heterocycles. The van der Waals surface area contributed by atoms with E-state index in [1.165, 1.54) is 11.3 Å². The molecule has 0 aliphatic rings. The smallest absolute Gasteiger partial charge is 0.261 e. The number of nitrogen functional groups attached to an aromatic ring is 1. The van der Waals surface area contributed by atoms with Gasteiger partial charge in [0.1, 0.15) is 0 Å². The van der Waals surface area contributed by atoms with Gasteiger partial charge in [-0.25, -0.2) is 0 Å². The van der Waals surface area contributed by atoms with Crippen molar-refractivity contribution < 1.29 is 4.79 Å². The average molecular weight is 274 g/mol. The Labute approximate surface area is 117 Å². The molecule has 2 rings (SSSR count). The van der Waals surface area contributed by atoms with Gasteiger partial charge in [-0.15, -0.1) is 11.3 Å².